The summed E-state index contributed by atoms with van der Waals surface area (Å²) >= 11 is 0. The summed E-state index contributed by atoms with van der Waals surface area (Å²) in [5.74, 6) is -0.0887. The number of aromatic nitrogens is 4. The average Bonchev–Trinajstić information content (AvgIpc) is 2.30. The van der Waals surface area contributed by atoms with Crippen LogP contribution in [-0.2, 0) is 4.74 Å². The Kier molecular flexibility index (Phi) is 2.18. The van der Waals surface area contributed by atoms with E-state index in [1.54, 1.807) is 20.8 Å². The number of anilines is 1. The van der Waals surface area contributed by atoms with Gasteiger partial charge in [0.25, 0.3) is 5.95 Å². The third-order valence-corrected chi connectivity index (χ3v) is 1.06. The quantitative estimate of drug-likeness (QED) is 0.573. The zero-order chi connectivity index (χ0) is 10.1. The fraction of sp³-hybridized carbons (Fsp3) is 0.667. The van der Waals surface area contributed by atoms with Crippen LogP contribution in [0.15, 0.2) is 0 Å². The molecule has 0 fully saturated rings. The van der Waals surface area contributed by atoms with Crippen LogP contribution < -0.4 is 5.73 Å². The molecule has 7 nitrogen and oxygen atoms in total. The van der Waals surface area contributed by atoms with E-state index in [0.717, 1.165) is 4.68 Å². The summed E-state index contributed by atoms with van der Waals surface area (Å²) in [4.78, 5) is 11.3. The molecule has 0 aliphatic heterocycles. The Labute approximate surface area is 74.9 Å². The first-order valence-electron chi connectivity index (χ1n) is 3.67. The van der Waals surface area contributed by atoms with Crippen molar-refractivity contribution in [2.45, 2.75) is 26.4 Å². The van der Waals surface area contributed by atoms with Gasteiger partial charge in [0.1, 0.15) is 5.60 Å². The van der Waals surface area contributed by atoms with Crippen molar-refractivity contribution in [1.82, 2.24) is 20.2 Å². The molecule has 0 unspecified atom stereocenters. The molecule has 0 aliphatic carbocycles. The van der Waals surface area contributed by atoms with Crippen LogP contribution in [0.5, 0.6) is 0 Å². The summed E-state index contributed by atoms with van der Waals surface area (Å²) in [6, 6.07) is 0. The lowest BCUT2D eigenvalue weighted by atomic mass is 10.2. The van der Waals surface area contributed by atoms with E-state index in [-0.39, 0.29) is 5.95 Å². The molecule has 1 heterocycles. The van der Waals surface area contributed by atoms with Gasteiger partial charge in [0, 0.05) is 0 Å². The van der Waals surface area contributed by atoms with Crippen LogP contribution in [0.2, 0.25) is 0 Å². The second kappa shape index (κ2) is 3.00. The fourth-order valence-corrected chi connectivity index (χ4v) is 0.629. The van der Waals surface area contributed by atoms with Gasteiger partial charge in [-0.15, -0.1) is 4.68 Å². The molecule has 1 aromatic heterocycles. The average molecular weight is 185 g/mol. The van der Waals surface area contributed by atoms with Crippen LogP contribution in [0.3, 0.4) is 0 Å². The number of carbonyl (C=O) groups excluding carboxylic acids is 1. The van der Waals surface area contributed by atoms with Crippen LogP contribution in [0, 0.1) is 0 Å². The van der Waals surface area contributed by atoms with Gasteiger partial charge in [0.15, 0.2) is 0 Å². The number of ether oxygens (including phenoxy) is 1. The number of nitrogen functional groups attached to an aromatic ring is 1. The summed E-state index contributed by atoms with van der Waals surface area (Å²) < 4.78 is 5.76. The molecule has 7 heteroatoms. The standard InChI is InChI=1S/C6H11N5O2/c1-6(2,3)13-5(12)11-4(7)8-9-10-11/h1-3H3,(H2,7,8,10). The second-order valence-electron chi connectivity index (χ2n) is 3.43. The van der Waals surface area contributed by atoms with E-state index in [0.29, 0.717) is 0 Å². The lowest BCUT2D eigenvalue weighted by Crippen LogP contribution is -2.28. The molecular formula is C6H11N5O2. The van der Waals surface area contributed by atoms with Gasteiger partial charge in [-0.3, -0.25) is 0 Å². The minimum Gasteiger partial charge on any atom is -0.442 e. The molecule has 0 radical (unpaired) electrons. The van der Waals surface area contributed by atoms with Crippen LogP contribution in [-0.4, -0.2) is 31.9 Å². The first-order valence-corrected chi connectivity index (χ1v) is 3.67. The molecule has 72 valence electrons. The van der Waals surface area contributed by atoms with Crippen molar-refractivity contribution < 1.29 is 9.53 Å². The van der Waals surface area contributed by atoms with E-state index >= 15 is 0 Å². The topological polar surface area (TPSA) is 95.9 Å². The molecular weight excluding hydrogens is 174 g/mol. The largest absolute Gasteiger partial charge is 0.442 e. The zero-order valence-electron chi connectivity index (χ0n) is 7.68. The van der Waals surface area contributed by atoms with Crippen LogP contribution >= 0.6 is 0 Å². The van der Waals surface area contributed by atoms with E-state index in [2.05, 4.69) is 15.5 Å². The maximum Gasteiger partial charge on any atom is 0.439 e. The molecule has 2 N–H and O–H groups in total. The molecule has 13 heavy (non-hydrogen) atoms. The lowest BCUT2D eigenvalue weighted by molar-refractivity contribution is 0.0515. The van der Waals surface area contributed by atoms with E-state index in [9.17, 15) is 4.79 Å². The van der Waals surface area contributed by atoms with Gasteiger partial charge in [-0.05, 0) is 31.2 Å². The van der Waals surface area contributed by atoms with Crippen molar-refractivity contribution in [3.63, 3.8) is 0 Å². The summed E-state index contributed by atoms with van der Waals surface area (Å²) in [5, 5.41) is 9.91. The fourth-order valence-electron chi connectivity index (χ4n) is 0.629. The first-order chi connectivity index (χ1) is 5.90. The monoisotopic (exact) mass is 185 g/mol. The van der Waals surface area contributed by atoms with Crippen molar-refractivity contribution in [2.75, 3.05) is 5.73 Å². The summed E-state index contributed by atoms with van der Waals surface area (Å²) in [5.41, 5.74) is 4.70. The number of hydrogen-bond donors (Lipinski definition) is 1. The Bertz CT molecular complexity index is 313. The smallest absolute Gasteiger partial charge is 0.439 e. The highest BCUT2D eigenvalue weighted by atomic mass is 16.6. The number of rotatable bonds is 0. The molecule has 0 saturated carbocycles. The molecule has 0 aliphatic rings. The highest BCUT2D eigenvalue weighted by molar-refractivity contribution is 5.72. The summed E-state index contributed by atoms with van der Waals surface area (Å²) in [6.07, 6.45) is -0.685. The van der Waals surface area contributed by atoms with Gasteiger partial charge in [-0.2, -0.15) is 0 Å². The molecule has 0 saturated heterocycles. The van der Waals surface area contributed by atoms with Gasteiger partial charge in [-0.25, -0.2) is 4.79 Å². The molecule has 0 bridgehead atoms. The maximum absolute atomic E-state index is 11.3. The van der Waals surface area contributed by atoms with E-state index < -0.39 is 11.7 Å². The third-order valence-electron chi connectivity index (χ3n) is 1.06. The van der Waals surface area contributed by atoms with Crippen molar-refractivity contribution in [1.29, 1.82) is 0 Å². The molecule has 1 rings (SSSR count). The van der Waals surface area contributed by atoms with Crippen LogP contribution in [0.4, 0.5) is 10.7 Å². The number of hydrogen-bond acceptors (Lipinski definition) is 6. The minimum absolute atomic E-state index is 0.0887. The van der Waals surface area contributed by atoms with Crippen LogP contribution in [0.1, 0.15) is 20.8 Å². The number of nitrogens with zero attached hydrogens (tertiary/aromatic N) is 4. The Morgan fingerprint density at radius 1 is 1.54 bits per heavy atom. The Hall–Kier alpha value is -1.66. The summed E-state index contributed by atoms with van der Waals surface area (Å²) in [6.45, 7) is 5.22. The van der Waals surface area contributed by atoms with Gasteiger partial charge in [0.05, 0.1) is 0 Å². The zero-order valence-corrected chi connectivity index (χ0v) is 7.68. The van der Waals surface area contributed by atoms with Gasteiger partial charge >= 0.3 is 6.09 Å². The Morgan fingerprint density at radius 2 is 2.15 bits per heavy atom. The van der Waals surface area contributed by atoms with Gasteiger partial charge < -0.3 is 10.5 Å². The highest BCUT2D eigenvalue weighted by Crippen LogP contribution is 2.08. The van der Waals surface area contributed by atoms with E-state index in [4.69, 9.17) is 10.5 Å². The molecule has 1 aromatic rings. The summed E-state index contributed by atoms with van der Waals surface area (Å²) in [7, 11) is 0. The molecule has 0 aromatic carbocycles. The predicted octanol–water partition coefficient (Wildman–Crippen LogP) is 0.0385. The van der Waals surface area contributed by atoms with Gasteiger partial charge in [0.2, 0.25) is 0 Å². The van der Waals surface area contributed by atoms with Crippen molar-refractivity contribution >= 4 is 12.0 Å². The molecule has 0 spiro atoms. The van der Waals surface area contributed by atoms with Crippen molar-refractivity contribution in [3.05, 3.63) is 0 Å². The third kappa shape index (κ3) is 2.39. The first kappa shape index (κ1) is 9.43. The van der Waals surface area contributed by atoms with Gasteiger partial charge in [-0.1, -0.05) is 5.10 Å². The predicted molar refractivity (Wildman–Crippen MR) is 43.9 cm³/mol. The van der Waals surface area contributed by atoms with Crippen molar-refractivity contribution in [2.24, 2.45) is 0 Å². The number of tetrazole rings is 1. The second-order valence-corrected chi connectivity index (χ2v) is 3.43. The normalized spacial score (nSPS) is 11.3. The van der Waals surface area contributed by atoms with Crippen molar-refractivity contribution in [3.8, 4) is 0 Å². The van der Waals surface area contributed by atoms with E-state index in [1.807, 2.05) is 0 Å². The number of carbonyl (C=O) groups is 1. The molecule has 0 atom stereocenters. The van der Waals surface area contributed by atoms with E-state index in [1.165, 1.54) is 0 Å². The SMILES string of the molecule is CC(C)(C)OC(=O)n1nnnc1N. The Morgan fingerprint density at radius 3 is 2.54 bits per heavy atom. The number of nitrogens with two attached hydrogens (primary N) is 1. The lowest BCUT2D eigenvalue weighted by Gasteiger charge is -2.18. The van der Waals surface area contributed by atoms with Crippen LogP contribution in [0.25, 0.3) is 0 Å². The molecule has 0 amide bonds. The minimum atomic E-state index is -0.685. The maximum atomic E-state index is 11.3. The highest BCUT2D eigenvalue weighted by Gasteiger charge is 2.20. The Balaban J connectivity index is 2.76.